The lowest BCUT2D eigenvalue weighted by Crippen LogP contribution is -2.36. The van der Waals surface area contributed by atoms with Crippen LogP contribution < -0.4 is 5.32 Å². The van der Waals surface area contributed by atoms with E-state index in [0.717, 1.165) is 25.1 Å². The lowest BCUT2D eigenvalue weighted by Gasteiger charge is -2.19. The molecule has 1 heterocycles. The van der Waals surface area contributed by atoms with Crippen LogP contribution in [0.4, 0.5) is 0 Å². The van der Waals surface area contributed by atoms with E-state index < -0.39 is 0 Å². The Morgan fingerprint density at radius 2 is 2.15 bits per heavy atom. The first kappa shape index (κ1) is 9.47. The van der Waals surface area contributed by atoms with Crippen LogP contribution in [0.15, 0.2) is 0 Å². The van der Waals surface area contributed by atoms with Crippen LogP contribution in [0.2, 0.25) is 0 Å². The van der Waals surface area contributed by atoms with Crippen LogP contribution in [-0.4, -0.2) is 25.3 Å². The van der Waals surface area contributed by atoms with Crippen molar-refractivity contribution < 1.29 is 4.74 Å². The highest BCUT2D eigenvalue weighted by Gasteiger charge is 2.24. The minimum atomic E-state index is 0.507. The second kappa shape index (κ2) is 4.43. The number of rotatable bonds is 3. The lowest BCUT2D eigenvalue weighted by atomic mass is 10.1. The summed E-state index contributed by atoms with van der Waals surface area (Å²) in [6, 6.07) is 0.768. The molecular weight excluding hydrogens is 162 g/mol. The Labute approximate surface area is 81.0 Å². The van der Waals surface area contributed by atoms with Crippen LogP contribution in [0.3, 0.4) is 0 Å². The summed E-state index contributed by atoms with van der Waals surface area (Å²) >= 11 is 0. The van der Waals surface area contributed by atoms with Crippen molar-refractivity contribution in [3.8, 4) is 0 Å². The van der Waals surface area contributed by atoms with Gasteiger partial charge in [0.05, 0.1) is 6.10 Å². The molecule has 2 rings (SSSR count). The molecule has 2 heteroatoms. The molecule has 1 saturated carbocycles. The third-order valence-electron chi connectivity index (χ3n) is 3.49. The molecule has 0 bridgehead atoms. The van der Waals surface area contributed by atoms with Gasteiger partial charge in [-0.3, -0.25) is 0 Å². The molecule has 2 nitrogen and oxygen atoms in total. The third-order valence-corrected chi connectivity index (χ3v) is 3.49. The Morgan fingerprint density at radius 3 is 2.77 bits per heavy atom. The number of hydrogen-bond acceptors (Lipinski definition) is 2. The third kappa shape index (κ3) is 2.44. The monoisotopic (exact) mass is 183 g/mol. The van der Waals surface area contributed by atoms with Crippen LogP contribution in [0.25, 0.3) is 0 Å². The predicted octanol–water partition coefficient (Wildman–Crippen LogP) is 1.94. The van der Waals surface area contributed by atoms with Crippen LogP contribution in [-0.2, 0) is 4.74 Å². The fourth-order valence-corrected chi connectivity index (χ4v) is 2.54. The SMILES string of the molecule is C[C@@H]1CCC[C@H]1NC[C@H]1CCCO1. The molecule has 0 radical (unpaired) electrons. The number of nitrogens with one attached hydrogen (secondary N) is 1. The zero-order chi connectivity index (χ0) is 9.10. The second-order valence-corrected chi connectivity index (χ2v) is 4.56. The highest BCUT2D eigenvalue weighted by molar-refractivity contribution is 4.81. The second-order valence-electron chi connectivity index (χ2n) is 4.56. The summed E-state index contributed by atoms with van der Waals surface area (Å²) in [4.78, 5) is 0. The minimum absolute atomic E-state index is 0.507. The minimum Gasteiger partial charge on any atom is -0.377 e. The fourth-order valence-electron chi connectivity index (χ4n) is 2.54. The molecule has 1 N–H and O–H groups in total. The first-order valence-electron chi connectivity index (χ1n) is 5.71. The van der Waals surface area contributed by atoms with E-state index in [1.807, 2.05) is 0 Å². The zero-order valence-corrected chi connectivity index (χ0v) is 8.59. The average Bonchev–Trinajstić information content (AvgIpc) is 2.72. The number of ether oxygens (including phenoxy) is 1. The Bertz CT molecular complexity index is 154. The molecule has 0 aromatic rings. The molecule has 13 heavy (non-hydrogen) atoms. The molecule has 0 unspecified atom stereocenters. The van der Waals surface area contributed by atoms with Crippen molar-refractivity contribution in [2.24, 2.45) is 5.92 Å². The van der Waals surface area contributed by atoms with E-state index in [0.29, 0.717) is 6.10 Å². The molecule has 0 aromatic carbocycles. The normalized spacial score (nSPS) is 39.9. The fraction of sp³-hybridized carbons (Fsp3) is 1.00. The molecule has 2 aliphatic rings. The highest BCUT2D eigenvalue weighted by atomic mass is 16.5. The van der Waals surface area contributed by atoms with E-state index >= 15 is 0 Å². The van der Waals surface area contributed by atoms with Gasteiger partial charge in [0.25, 0.3) is 0 Å². The van der Waals surface area contributed by atoms with Gasteiger partial charge in [-0.2, -0.15) is 0 Å². The number of hydrogen-bond donors (Lipinski definition) is 1. The van der Waals surface area contributed by atoms with E-state index in [-0.39, 0.29) is 0 Å². The summed E-state index contributed by atoms with van der Waals surface area (Å²) in [5.41, 5.74) is 0. The summed E-state index contributed by atoms with van der Waals surface area (Å²) in [7, 11) is 0. The quantitative estimate of drug-likeness (QED) is 0.722. The topological polar surface area (TPSA) is 21.3 Å². The van der Waals surface area contributed by atoms with Crippen molar-refractivity contribution in [1.82, 2.24) is 5.32 Å². The van der Waals surface area contributed by atoms with E-state index in [4.69, 9.17) is 4.74 Å². The molecule has 0 aromatic heterocycles. The highest BCUT2D eigenvalue weighted by Crippen LogP contribution is 2.25. The van der Waals surface area contributed by atoms with E-state index in [1.165, 1.54) is 32.1 Å². The molecule has 1 aliphatic heterocycles. The van der Waals surface area contributed by atoms with Gasteiger partial charge < -0.3 is 10.1 Å². The molecule has 1 aliphatic carbocycles. The Morgan fingerprint density at radius 1 is 1.23 bits per heavy atom. The maximum absolute atomic E-state index is 5.59. The van der Waals surface area contributed by atoms with Crippen LogP contribution in [0.1, 0.15) is 39.0 Å². The van der Waals surface area contributed by atoms with Crippen molar-refractivity contribution >= 4 is 0 Å². The summed E-state index contributed by atoms with van der Waals surface area (Å²) in [5, 5.41) is 3.65. The van der Waals surface area contributed by atoms with Crippen molar-refractivity contribution in [2.45, 2.75) is 51.2 Å². The maximum atomic E-state index is 5.59. The Hall–Kier alpha value is -0.0800. The van der Waals surface area contributed by atoms with E-state index in [1.54, 1.807) is 0 Å². The van der Waals surface area contributed by atoms with Gasteiger partial charge in [0.2, 0.25) is 0 Å². The lowest BCUT2D eigenvalue weighted by molar-refractivity contribution is 0.106. The zero-order valence-electron chi connectivity index (χ0n) is 8.59. The Kier molecular flexibility index (Phi) is 3.23. The van der Waals surface area contributed by atoms with Gasteiger partial charge in [-0.05, 0) is 31.6 Å². The summed E-state index contributed by atoms with van der Waals surface area (Å²) in [5.74, 6) is 0.876. The molecule has 2 fully saturated rings. The maximum Gasteiger partial charge on any atom is 0.0700 e. The van der Waals surface area contributed by atoms with E-state index in [9.17, 15) is 0 Å². The van der Waals surface area contributed by atoms with Gasteiger partial charge in [0.1, 0.15) is 0 Å². The largest absolute Gasteiger partial charge is 0.377 e. The van der Waals surface area contributed by atoms with Gasteiger partial charge in [-0.1, -0.05) is 13.3 Å². The Balaban J connectivity index is 1.66. The molecule has 1 saturated heterocycles. The summed E-state index contributed by atoms with van der Waals surface area (Å²) in [6.07, 6.45) is 7.20. The molecule has 0 amide bonds. The molecular formula is C11H21NO. The van der Waals surface area contributed by atoms with Gasteiger partial charge >= 0.3 is 0 Å². The molecule has 3 atom stereocenters. The first-order valence-corrected chi connectivity index (χ1v) is 5.71. The van der Waals surface area contributed by atoms with Crippen molar-refractivity contribution in [1.29, 1.82) is 0 Å². The summed E-state index contributed by atoms with van der Waals surface area (Å²) in [6.45, 7) is 4.42. The van der Waals surface area contributed by atoms with Crippen LogP contribution in [0, 0.1) is 5.92 Å². The van der Waals surface area contributed by atoms with Gasteiger partial charge in [-0.15, -0.1) is 0 Å². The first-order chi connectivity index (χ1) is 6.36. The van der Waals surface area contributed by atoms with Gasteiger partial charge in [0.15, 0.2) is 0 Å². The van der Waals surface area contributed by atoms with Gasteiger partial charge in [-0.25, -0.2) is 0 Å². The van der Waals surface area contributed by atoms with Crippen molar-refractivity contribution in [3.63, 3.8) is 0 Å². The standard InChI is InChI=1S/C11H21NO/c1-9-4-2-6-11(9)12-8-10-5-3-7-13-10/h9-12H,2-8H2,1H3/t9-,10-,11-/m1/s1. The molecule has 0 spiro atoms. The van der Waals surface area contributed by atoms with Crippen molar-refractivity contribution in [2.75, 3.05) is 13.2 Å². The van der Waals surface area contributed by atoms with E-state index in [2.05, 4.69) is 12.2 Å². The van der Waals surface area contributed by atoms with Crippen LogP contribution >= 0.6 is 0 Å². The van der Waals surface area contributed by atoms with Crippen molar-refractivity contribution in [3.05, 3.63) is 0 Å². The smallest absolute Gasteiger partial charge is 0.0700 e. The summed E-state index contributed by atoms with van der Waals surface area (Å²) < 4.78 is 5.59. The predicted molar refractivity (Wildman–Crippen MR) is 53.8 cm³/mol. The average molecular weight is 183 g/mol. The van der Waals surface area contributed by atoms with Gasteiger partial charge in [0, 0.05) is 19.2 Å². The van der Waals surface area contributed by atoms with Crippen LogP contribution in [0.5, 0.6) is 0 Å². The molecule has 76 valence electrons.